The first-order chi connectivity index (χ1) is 14.0. The van der Waals surface area contributed by atoms with E-state index in [2.05, 4.69) is 26.1 Å². The molecule has 5 atom stereocenters. The van der Waals surface area contributed by atoms with Gasteiger partial charge in [-0.15, -0.1) is 0 Å². The van der Waals surface area contributed by atoms with Crippen LogP contribution in [0.3, 0.4) is 0 Å². The van der Waals surface area contributed by atoms with Gasteiger partial charge in [0.15, 0.2) is 0 Å². The van der Waals surface area contributed by atoms with E-state index >= 15 is 0 Å². The molecular formula is C21H22BrN3O4. The molecule has 0 aromatic heterocycles. The minimum absolute atomic E-state index is 0.0679. The molecule has 0 bridgehead atoms. The highest BCUT2D eigenvalue weighted by Crippen LogP contribution is 2.60. The molecule has 3 amide bonds. The normalized spacial score (nSPS) is 38.1. The quantitative estimate of drug-likeness (QED) is 0.682. The van der Waals surface area contributed by atoms with E-state index in [1.54, 1.807) is 0 Å². The van der Waals surface area contributed by atoms with Crippen LogP contribution in [0, 0.1) is 11.8 Å². The van der Waals surface area contributed by atoms with E-state index in [0.29, 0.717) is 13.2 Å². The molecule has 152 valence electrons. The molecule has 6 rings (SSSR count). The number of hydrogen-bond donors (Lipinski definition) is 1. The molecule has 4 saturated heterocycles. The number of hydrogen-bond acceptors (Lipinski definition) is 5. The van der Waals surface area contributed by atoms with Crippen molar-refractivity contribution in [2.75, 3.05) is 25.0 Å². The summed E-state index contributed by atoms with van der Waals surface area (Å²) < 4.78 is 6.55. The zero-order valence-corrected chi connectivity index (χ0v) is 17.5. The van der Waals surface area contributed by atoms with Crippen LogP contribution in [0.1, 0.15) is 31.2 Å². The number of nitrogens with one attached hydrogen (secondary N) is 1. The lowest BCUT2D eigenvalue weighted by Gasteiger charge is -2.37. The SMILES string of the molecule is O=C1[C@@H]2[C@@H]3CCCN3[C@]3(C(=O)Nc4ccc(Br)cc43)[C@H]2C(=O)N1C[C@@H]1CCCO1. The zero-order chi connectivity index (χ0) is 19.9. The summed E-state index contributed by atoms with van der Waals surface area (Å²) in [5, 5.41) is 3.00. The third kappa shape index (κ3) is 2.17. The summed E-state index contributed by atoms with van der Waals surface area (Å²) in [4.78, 5) is 44.1. The van der Waals surface area contributed by atoms with Crippen molar-refractivity contribution < 1.29 is 19.1 Å². The molecule has 0 saturated carbocycles. The number of nitrogens with zero attached hydrogens (tertiary/aromatic N) is 2. The molecule has 5 aliphatic rings. The highest BCUT2D eigenvalue weighted by Gasteiger charge is 2.74. The standard InChI is InChI=1S/C21H22BrN3O4/c22-11-5-6-14-13(9-11)21(20(28)23-14)17-16(15-4-1-7-25(15)21)18(26)24(19(17)27)10-12-3-2-8-29-12/h5-6,9,12,15-17H,1-4,7-8,10H2,(H,23,28)/t12-,15-,16+,17+,21-/m0/s1. The van der Waals surface area contributed by atoms with E-state index in [-0.39, 0.29) is 29.9 Å². The van der Waals surface area contributed by atoms with Gasteiger partial charge < -0.3 is 10.1 Å². The Hall–Kier alpha value is -1.77. The van der Waals surface area contributed by atoms with Gasteiger partial charge in [-0.25, -0.2) is 0 Å². The van der Waals surface area contributed by atoms with E-state index in [9.17, 15) is 14.4 Å². The number of ether oxygens (including phenoxy) is 1. The lowest BCUT2D eigenvalue weighted by Crippen LogP contribution is -2.54. The molecule has 1 N–H and O–H groups in total. The molecule has 0 aliphatic carbocycles. The van der Waals surface area contributed by atoms with Gasteiger partial charge in [0.1, 0.15) is 5.54 Å². The Morgan fingerprint density at radius 2 is 2.03 bits per heavy atom. The highest BCUT2D eigenvalue weighted by molar-refractivity contribution is 9.10. The number of fused-ring (bicyclic) bond motifs is 7. The summed E-state index contributed by atoms with van der Waals surface area (Å²) in [7, 11) is 0. The van der Waals surface area contributed by atoms with Crippen molar-refractivity contribution >= 4 is 39.3 Å². The third-order valence-corrected chi connectivity index (χ3v) is 7.95. The maximum absolute atomic E-state index is 13.6. The van der Waals surface area contributed by atoms with Crippen molar-refractivity contribution in [3.63, 3.8) is 0 Å². The molecule has 7 nitrogen and oxygen atoms in total. The second-order valence-corrected chi connectivity index (χ2v) is 9.65. The van der Waals surface area contributed by atoms with E-state index in [0.717, 1.165) is 48.0 Å². The van der Waals surface area contributed by atoms with Crippen LogP contribution in [0.2, 0.25) is 0 Å². The van der Waals surface area contributed by atoms with Crippen LogP contribution >= 0.6 is 15.9 Å². The van der Waals surface area contributed by atoms with E-state index in [1.165, 1.54) is 4.90 Å². The predicted octanol–water partition coefficient (Wildman–Crippen LogP) is 1.85. The maximum atomic E-state index is 13.6. The number of halogens is 1. The lowest BCUT2D eigenvalue weighted by molar-refractivity contribution is -0.147. The largest absolute Gasteiger partial charge is 0.376 e. The van der Waals surface area contributed by atoms with Crippen LogP contribution in [0.5, 0.6) is 0 Å². The average molecular weight is 460 g/mol. The average Bonchev–Trinajstić information content (AvgIpc) is 3.47. The topological polar surface area (TPSA) is 79.0 Å². The van der Waals surface area contributed by atoms with Gasteiger partial charge in [0.25, 0.3) is 0 Å². The van der Waals surface area contributed by atoms with Crippen molar-refractivity contribution in [3.05, 3.63) is 28.2 Å². The van der Waals surface area contributed by atoms with Gasteiger partial charge in [-0.3, -0.25) is 24.2 Å². The molecule has 0 radical (unpaired) electrons. The van der Waals surface area contributed by atoms with Gasteiger partial charge in [-0.1, -0.05) is 15.9 Å². The number of carbonyl (C=O) groups is 3. The number of rotatable bonds is 2. The van der Waals surface area contributed by atoms with Crippen molar-refractivity contribution in [1.82, 2.24) is 9.80 Å². The number of anilines is 1. The van der Waals surface area contributed by atoms with E-state index in [4.69, 9.17) is 4.74 Å². The van der Waals surface area contributed by atoms with Crippen molar-refractivity contribution in [2.24, 2.45) is 11.8 Å². The summed E-state index contributed by atoms with van der Waals surface area (Å²) >= 11 is 3.52. The number of benzene rings is 1. The number of amides is 3. The molecule has 0 unspecified atom stereocenters. The fourth-order valence-electron chi connectivity index (χ4n) is 6.41. The Labute approximate surface area is 176 Å². The Morgan fingerprint density at radius 3 is 2.83 bits per heavy atom. The zero-order valence-electron chi connectivity index (χ0n) is 15.9. The Bertz CT molecular complexity index is 946. The molecule has 5 heterocycles. The van der Waals surface area contributed by atoms with Crippen LogP contribution in [0.25, 0.3) is 0 Å². The Balaban J connectivity index is 1.48. The summed E-state index contributed by atoms with van der Waals surface area (Å²) in [5.74, 6) is -1.64. The molecular weight excluding hydrogens is 438 g/mol. The second-order valence-electron chi connectivity index (χ2n) is 8.74. The summed E-state index contributed by atoms with van der Waals surface area (Å²) in [6.07, 6.45) is 3.50. The van der Waals surface area contributed by atoms with Crippen LogP contribution in [0.4, 0.5) is 5.69 Å². The summed E-state index contributed by atoms with van der Waals surface area (Å²) in [6.45, 7) is 1.71. The van der Waals surface area contributed by atoms with Gasteiger partial charge in [0, 0.05) is 28.4 Å². The molecule has 1 aromatic rings. The molecule has 5 aliphatic heterocycles. The third-order valence-electron chi connectivity index (χ3n) is 7.46. The van der Waals surface area contributed by atoms with E-state index < -0.39 is 17.4 Å². The smallest absolute Gasteiger partial charge is 0.250 e. The summed E-state index contributed by atoms with van der Waals surface area (Å²) in [5.41, 5.74) is 0.460. The molecule has 1 aromatic carbocycles. The van der Waals surface area contributed by atoms with Gasteiger partial charge in [0.2, 0.25) is 17.7 Å². The van der Waals surface area contributed by atoms with E-state index in [1.807, 2.05) is 18.2 Å². The minimum Gasteiger partial charge on any atom is -0.376 e. The fourth-order valence-corrected chi connectivity index (χ4v) is 6.77. The van der Waals surface area contributed by atoms with Gasteiger partial charge in [-0.2, -0.15) is 0 Å². The highest BCUT2D eigenvalue weighted by atomic mass is 79.9. The Morgan fingerprint density at radius 1 is 1.17 bits per heavy atom. The molecule has 1 spiro atoms. The second kappa shape index (κ2) is 6.12. The lowest BCUT2D eigenvalue weighted by atomic mass is 9.75. The predicted molar refractivity (Wildman–Crippen MR) is 107 cm³/mol. The maximum Gasteiger partial charge on any atom is 0.250 e. The van der Waals surface area contributed by atoms with Crippen LogP contribution in [-0.2, 0) is 24.7 Å². The molecule has 4 fully saturated rings. The van der Waals surface area contributed by atoms with Crippen LogP contribution in [0.15, 0.2) is 22.7 Å². The van der Waals surface area contributed by atoms with Crippen molar-refractivity contribution in [3.8, 4) is 0 Å². The number of imide groups is 1. The van der Waals surface area contributed by atoms with Crippen LogP contribution < -0.4 is 5.32 Å². The van der Waals surface area contributed by atoms with Crippen molar-refractivity contribution in [2.45, 2.75) is 43.4 Å². The van der Waals surface area contributed by atoms with Gasteiger partial charge in [-0.05, 0) is 50.4 Å². The van der Waals surface area contributed by atoms with Crippen LogP contribution in [-0.4, -0.2) is 59.4 Å². The fraction of sp³-hybridized carbons (Fsp3) is 0.571. The van der Waals surface area contributed by atoms with Crippen molar-refractivity contribution in [1.29, 1.82) is 0 Å². The first-order valence-corrected chi connectivity index (χ1v) is 11.2. The Kier molecular flexibility index (Phi) is 3.81. The van der Waals surface area contributed by atoms with Gasteiger partial charge in [0.05, 0.1) is 24.5 Å². The number of likely N-dealkylation sites (tertiary alicyclic amines) is 1. The first kappa shape index (κ1) is 18.0. The summed E-state index contributed by atoms with van der Waals surface area (Å²) in [6, 6.07) is 5.63. The van der Waals surface area contributed by atoms with Gasteiger partial charge >= 0.3 is 0 Å². The molecule has 29 heavy (non-hydrogen) atoms. The first-order valence-electron chi connectivity index (χ1n) is 10.4. The number of carbonyl (C=O) groups excluding carboxylic acids is 3. The molecule has 8 heteroatoms. The minimum atomic E-state index is -1.09. The monoisotopic (exact) mass is 459 g/mol.